The molecule has 1 aromatic carbocycles. The molecule has 32 heavy (non-hydrogen) atoms. The van der Waals surface area contributed by atoms with Crippen LogP contribution in [0.25, 0.3) is 0 Å². The molecule has 2 heterocycles. The number of likely N-dealkylation sites (N-methyl/N-ethyl adjacent to an activating group) is 1. The van der Waals surface area contributed by atoms with E-state index in [4.69, 9.17) is 9.84 Å². The normalized spacial score (nSPS) is 17.0. The number of anilines is 1. The summed E-state index contributed by atoms with van der Waals surface area (Å²) in [6, 6.07) is 3.94. The van der Waals surface area contributed by atoms with Crippen LogP contribution in [0.1, 0.15) is 10.4 Å². The molecular formula is C20H25N5O7. The molecule has 1 saturated heterocycles. The van der Waals surface area contributed by atoms with E-state index in [0.717, 1.165) is 13.2 Å². The number of esters is 1. The largest absolute Gasteiger partial charge is 0.466 e. The van der Waals surface area contributed by atoms with Gasteiger partial charge in [0.25, 0.3) is 17.5 Å². The molecule has 172 valence electrons. The highest BCUT2D eigenvalue weighted by atomic mass is 16.6. The van der Waals surface area contributed by atoms with Crippen LogP contribution in [0.15, 0.2) is 29.5 Å². The fraction of sp³-hybridized carbons (Fsp3) is 0.450. The first-order valence-corrected chi connectivity index (χ1v) is 10.0. The molecule has 0 radical (unpaired) electrons. The number of rotatable bonds is 7. The lowest BCUT2D eigenvalue weighted by Crippen LogP contribution is -2.47. The summed E-state index contributed by atoms with van der Waals surface area (Å²) in [6.07, 6.45) is 0. The Hall–Kier alpha value is -3.51. The minimum absolute atomic E-state index is 0.00200. The lowest BCUT2D eigenvalue weighted by Gasteiger charge is -2.32. The molecule has 0 bridgehead atoms. The molecule has 0 atom stereocenters. The molecule has 12 heteroatoms. The highest BCUT2D eigenvalue weighted by Gasteiger charge is 2.35. The molecule has 12 nitrogen and oxygen atoms in total. The molecule has 2 aliphatic rings. The second-order valence-electron chi connectivity index (χ2n) is 7.50. The summed E-state index contributed by atoms with van der Waals surface area (Å²) in [6.45, 7) is 2.06. The minimum atomic E-state index is -0.759. The molecule has 0 aliphatic carbocycles. The third kappa shape index (κ3) is 4.70. The number of nitro groups is 1. The van der Waals surface area contributed by atoms with Gasteiger partial charge < -0.3 is 29.9 Å². The van der Waals surface area contributed by atoms with Crippen molar-refractivity contribution in [2.75, 3.05) is 65.3 Å². The van der Waals surface area contributed by atoms with Crippen molar-refractivity contribution in [3.8, 4) is 0 Å². The van der Waals surface area contributed by atoms with E-state index in [0.29, 0.717) is 26.2 Å². The van der Waals surface area contributed by atoms with Gasteiger partial charge in [0.15, 0.2) is 0 Å². The van der Waals surface area contributed by atoms with Gasteiger partial charge in [0.05, 0.1) is 30.8 Å². The molecular weight excluding hydrogens is 422 g/mol. The molecule has 0 unspecified atom stereocenters. The maximum atomic E-state index is 12.8. The van der Waals surface area contributed by atoms with Gasteiger partial charge in [0.1, 0.15) is 11.4 Å². The van der Waals surface area contributed by atoms with Gasteiger partial charge in [-0.1, -0.05) is 0 Å². The Morgan fingerprint density at radius 1 is 1.25 bits per heavy atom. The highest BCUT2D eigenvalue weighted by molar-refractivity contribution is 6.09. The molecule has 0 spiro atoms. The van der Waals surface area contributed by atoms with Crippen molar-refractivity contribution in [1.29, 1.82) is 0 Å². The summed E-state index contributed by atoms with van der Waals surface area (Å²) in [5, 5.41) is 23.5. The average Bonchev–Trinajstić information content (AvgIpc) is 3.09. The van der Waals surface area contributed by atoms with Gasteiger partial charge in [-0.25, -0.2) is 4.79 Å². The maximum absolute atomic E-state index is 12.8. The first-order chi connectivity index (χ1) is 15.3. The SMILES string of the molecule is COC(=O)C1=C(Nc2ccc(C(=O)N3CCN(C)CC3)cc2[N+](=O)[O-])C(=O)N(CCO)C1. The Balaban J connectivity index is 1.90. The Labute approximate surface area is 184 Å². The van der Waals surface area contributed by atoms with Gasteiger partial charge in [-0.05, 0) is 19.2 Å². The molecule has 0 aromatic heterocycles. The van der Waals surface area contributed by atoms with Crippen LogP contribution in [0.2, 0.25) is 0 Å². The van der Waals surface area contributed by atoms with Crippen LogP contribution in [0, 0.1) is 10.1 Å². The number of hydrogen-bond donors (Lipinski definition) is 2. The van der Waals surface area contributed by atoms with Crippen LogP contribution >= 0.6 is 0 Å². The van der Waals surface area contributed by atoms with Crippen molar-refractivity contribution in [2.45, 2.75) is 0 Å². The molecule has 1 aromatic rings. The second-order valence-corrected chi connectivity index (χ2v) is 7.50. The smallest absolute Gasteiger partial charge is 0.337 e. The number of carbonyl (C=O) groups is 3. The number of ether oxygens (including phenoxy) is 1. The molecule has 2 amide bonds. The van der Waals surface area contributed by atoms with Crippen LogP contribution in [0.5, 0.6) is 0 Å². The van der Waals surface area contributed by atoms with E-state index in [2.05, 4.69) is 10.2 Å². The third-order valence-corrected chi connectivity index (χ3v) is 5.45. The summed E-state index contributed by atoms with van der Waals surface area (Å²) < 4.78 is 4.71. The van der Waals surface area contributed by atoms with Gasteiger partial charge in [0, 0.05) is 44.4 Å². The zero-order chi connectivity index (χ0) is 23.4. The first-order valence-electron chi connectivity index (χ1n) is 10.0. The fourth-order valence-corrected chi connectivity index (χ4v) is 3.60. The zero-order valence-electron chi connectivity index (χ0n) is 17.9. The van der Waals surface area contributed by atoms with Crippen LogP contribution in [-0.2, 0) is 14.3 Å². The van der Waals surface area contributed by atoms with Gasteiger partial charge in [0.2, 0.25) is 0 Å². The second kappa shape index (κ2) is 9.75. The first kappa shape index (κ1) is 23.2. The number of hydrogen-bond acceptors (Lipinski definition) is 9. The summed E-state index contributed by atoms with van der Waals surface area (Å²) in [7, 11) is 3.11. The van der Waals surface area contributed by atoms with Crippen LogP contribution < -0.4 is 5.32 Å². The monoisotopic (exact) mass is 447 g/mol. The van der Waals surface area contributed by atoms with Crippen molar-refractivity contribution in [3.05, 3.63) is 45.1 Å². The maximum Gasteiger partial charge on any atom is 0.337 e. The predicted molar refractivity (Wildman–Crippen MR) is 113 cm³/mol. The number of piperazine rings is 1. The summed E-state index contributed by atoms with van der Waals surface area (Å²) in [5.74, 6) is -1.66. The zero-order valence-corrected chi connectivity index (χ0v) is 17.9. The quantitative estimate of drug-likeness (QED) is 0.325. The Bertz CT molecular complexity index is 969. The Kier molecular flexibility index (Phi) is 7.05. The number of nitrogens with zero attached hydrogens (tertiary/aromatic N) is 4. The number of benzene rings is 1. The molecule has 3 rings (SSSR count). The third-order valence-electron chi connectivity index (χ3n) is 5.45. The number of methoxy groups -OCH3 is 1. The van der Waals surface area contributed by atoms with Crippen molar-refractivity contribution in [3.63, 3.8) is 0 Å². The lowest BCUT2D eigenvalue weighted by molar-refractivity contribution is -0.384. The van der Waals surface area contributed by atoms with Gasteiger partial charge >= 0.3 is 5.97 Å². The minimum Gasteiger partial charge on any atom is -0.466 e. The van der Waals surface area contributed by atoms with Crippen molar-refractivity contribution >= 4 is 29.2 Å². The number of amides is 2. The van der Waals surface area contributed by atoms with Gasteiger partial charge in [-0.15, -0.1) is 0 Å². The van der Waals surface area contributed by atoms with E-state index >= 15 is 0 Å². The number of aliphatic hydroxyl groups excluding tert-OH is 1. The van der Waals surface area contributed by atoms with Gasteiger partial charge in [-0.3, -0.25) is 19.7 Å². The summed E-state index contributed by atoms with van der Waals surface area (Å²) in [5.41, 5.74) is -0.450. The van der Waals surface area contributed by atoms with E-state index in [1.54, 1.807) is 4.90 Å². The van der Waals surface area contributed by atoms with Crippen molar-refractivity contribution in [1.82, 2.24) is 14.7 Å². The summed E-state index contributed by atoms with van der Waals surface area (Å²) in [4.78, 5) is 53.6. The van der Waals surface area contributed by atoms with E-state index in [-0.39, 0.29) is 48.1 Å². The Morgan fingerprint density at radius 3 is 2.53 bits per heavy atom. The van der Waals surface area contributed by atoms with E-state index in [1.807, 2.05) is 7.05 Å². The van der Waals surface area contributed by atoms with Crippen molar-refractivity contribution in [2.24, 2.45) is 0 Å². The van der Waals surface area contributed by atoms with Gasteiger partial charge in [-0.2, -0.15) is 0 Å². The number of carbonyl (C=O) groups excluding carboxylic acids is 3. The lowest BCUT2D eigenvalue weighted by atomic mass is 10.1. The molecule has 2 aliphatic heterocycles. The van der Waals surface area contributed by atoms with Crippen LogP contribution in [0.4, 0.5) is 11.4 Å². The topological polar surface area (TPSA) is 146 Å². The van der Waals surface area contributed by atoms with E-state index in [9.17, 15) is 24.5 Å². The summed E-state index contributed by atoms with van der Waals surface area (Å²) >= 11 is 0. The predicted octanol–water partition coefficient (Wildman–Crippen LogP) is -0.344. The molecule has 2 N–H and O–H groups in total. The fourth-order valence-electron chi connectivity index (χ4n) is 3.60. The molecule has 1 fully saturated rings. The molecule has 0 saturated carbocycles. The van der Waals surface area contributed by atoms with E-state index < -0.39 is 22.5 Å². The standard InChI is InChI=1S/C20H25N5O7/c1-22-5-7-23(8-6-22)18(27)13-3-4-15(16(11-13)25(30)31)21-17-14(20(29)32-2)12-24(9-10-26)19(17)28/h3-4,11,21,26H,5-10,12H2,1-2H3. The van der Waals surface area contributed by atoms with Crippen LogP contribution in [0.3, 0.4) is 0 Å². The highest BCUT2D eigenvalue weighted by Crippen LogP contribution is 2.30. The van der Waals surface area contributed by atoms with Crippen molar-refractivity contribution < 1.29 is 29.2 Å². The number of nitro benzene ring substituents is 1. The number of aliphatic hydroxyl groups is 1. The number of β-amino-alcohol motifs (C(OH)–C–C–N with tert-alkyl or cyclic N) is 1. The van der Waals surface area contributed by atoms with Crippen LogP contribution in [-0.4, -0.2) is 103 Å². The number of nitrogens with one attached hydrogen (secondary N) is 1. The average molecular weight is 447 g/mol. The Morgan fingerprint density at radius 2 is 1.94 bits per heavy atom. The van der Waals surface area contributed by atoms with E-state index in [1.165, 1.54) is 17.0 Å².